The number of nitrogens with one attached hydrogen (secondary N) is 2. The summed E-state index contributed by atoms with van der Waals surface area (Å²) in [7, 11) is 0. The van der Waals surface area contributed by atoms with E-state index in [1.807, 2.05) is 4.90 Å². The van der Waals surface area contributed by atoms with E-state index in [-0.39, 0.29) is 5.91 Å². The molecular formula is C19H19F2N3O2. The lowest BCUT2D eigenvalue weighted by Gasteiger charge is -2.15. The molecule has 2 aromatic carbocycles. The van der Waals surface area contributed by atoms with Gasteiger partial charge in [-0.3, -0.25) is 4.79 Å². The lowest BCUT2D eigenvalue weighted by atomic mass is 10.1. The molecule has 136 valence electrons. The Morgan fingerprint density at radius 1 is 0.923 bits per heavy atom. The molecule has 26 heavy (non-hydrogen) atoms. The highest BCUT2D eigenvalue weighted by molar-refractivity contribution is 5.99. The fraction of sp³-hybridized carbons (Fsp3) is 0.263. The van der Waals surface area contributed by atoms with Crippen LogP contribution in [-0.4, -0.2) is 29.9 Å². The first-order chi connectivity index (χ1) is 12.5. The van der Waals surface area contributed by atoms with Crippen LogP contribution >= 0.6 is 0 Å². The molecule has 2 N–H and O–H groups in total. The van der Waals surface area contributed by atoms with Crippen LogP contribution in [0.4, 0.5) is 25.0 Å². The molecule has 1 aliphatic heterocycles. The molecule has 3 amide bonds. The fourth-order valence-corrected chi connectivity index (χ4v) is 2.85. The monoisotopic (exact) mass is 359 g/mol. The molecule has 1 saturated heterocycles. The zero-order valence-corrected chi connectivity index (χ0v) is 14.1. The second-order valence-electron chi connectivity index (χ2n) is 6.14. The summed E-state index contributed by atoms with van der Waals surface area (Å²) in [6, 6.07) is 9.36. The molecule has 0 radical (unpaired) electrons. The Morgan fingerprint density at radius 3 is 2.15 bits per heavy atom. The Morgan fingerprint density at radius 2 is 1.54 bits per heavy atom. The van der Waals surface area contributed by atoms with E-state index in [2.05, 4.69) is 10.6 Å². The number of nitrogens with zero attached hydrogens (tertiary/aromatic N) is 1. The molecule has 1 aliphatic rings. The second-order valence-corrected chi connectivity index (χ2v) is 6.14. The van der Waals surface area contributed by atoms with Gasteiger partial charge in [-0.25, -0.2) is 13.6 Å². The van der Waals surface area contributed by atoms with Gasteiger partial charge < -0.3 is 15.5 Å². The minimum atomic E-state index is -0.851. The topological polar surface area (TPSA) is 61.4 Å². The smallest absolute Gasteiger partial charge is 0.323 e. The van der Waals surface area contributed by atoms with Crippen molar-refractivity contribution in [3.63, 3.8) is 0 Å². The Hall–Kier alpha value is -2.96. The van der Waals surface area contributed by atoms with Crippen LogP contribution in [0.15, 0.2) is 42.5 Å². The summed E-state index contributed by atoms with van der Waals surface area (Å²) in [5, 5.41) is 4.65. The van der Waals surface area contributed by atoms with Crippen LogP contribution in [-0.2, 0) is 11.2 Å². The van der Waals surface area contributed by atoms with Gasteiger partial charge in [0.05, 0.1) is 6.42 Å². The van der Waals surface area contributed by atoms with Gasteiger partial charge in [0.15, 0.2) is 0 Å². The second kappa shape index (κ2) is 7.95. The maximum Gasteiger partial charge on any atom is 0.323 e. The highest BCUT2D eigenvalue weighted by Gasteiger charge is 2.18. The van der Waals surface area contributed by atoms with Crippen molar-refractivity contribution in [2.75, 3.05) is 23.7 Å². The number of anilines is 2. The van der Waals surface area contributed by atoms with Gasteiger partial charge in [-0.05, 0) is 42.7 Å². The van der Waals surface area contributed by atoms with E-state index in [1.165, 1.54) is 6.07 Å². The van der Waals surface area contributed by atoms with Crippen molar-refractivity contribution in [3.05, 3.63) is 59.7 Å². The highest BCUT2D eigenvalue weighted by atomic mass is 19.1. The molecule has 0 aliphatic carbocycles. The number of urea groups is 1. The molecule has 0 atom stereocenters. The molecular weight excluding hydrogens is 340 g/mol. The summed E-state index contributed by atoms with van der Waals surface area (Å²) in [6.45, 7) is 1.62. The third-order valence-electron chi connectivity index (χ3n) is 4.23. The summed E-state index contributed by atoms with van der Waals surface area (Å²) in [6.07, 6.45) is 2.41. The maximum absolute atomic E-state index is 13.5. The van der Waals surface area contributed by atoms with Gasteiger partial charge >= 0.3 is 6.03 Å². The quantitative estimate of drug-likeness (QED) is 0.873. The van der Waals surface area contributed by atoms with Crippen molar-refractivity contribution in [3.8, 4) is 0 Å². The van der Waals surface area contributed by atoms with Gasteiger partial charge in [-0.1, -0.05) is 18.2 Å². The first-order valence-electron chi connectivity index (χ1n) is 8.41. The predicted octanol–water partition coefficient (Wildman–Crippen LogP) is 3.77. The molecule has 1 heterocycles. The van der Waals surface area contributed by atoms with Gasteiger partial charge in [-0.15, -0.1) is 0 Å². The van der Waals surface area contributed by atoms with Crippen LogP contribution in [0, 0.1) is 11.6 Å². The molecule has 0 aromatic heterocycles. The number of carbonyl (C=O) groups is 2. The summed E-state index contributed by atoms with van der Waals surface area (Å²) < 4.78 is 27.1. The van der Waals surface area contributed by atoms with Gasteiger partial charge in [0, 0.05) is 18.8 Å². The molecule has 3 rings (SSSR count). The Balaban J connectivity index is 1.57. The van der Waals surface area contributed by atoms with Crippen molar-refractivity contribution in [2.24, 2.45) is 0 Å². The summed E-state index contributed by atoms with van der Waals surface area (Å²) in [5.41, 5.74) is 0.794. The normalized spacial score (nSPS) is 13.5. The number of para-hydroxylation sites is 1. The van der Waals surface area contributed by atoms with Crippen molar-refractivity contribution >= 4 is 23.3 Å². The first-order valence-corrected chi connectivity index (χ1v) is 8.41. The standard InChI is InChI=1S/C19H19F2N3O2/c20-15-4-3-5-16(21)18(15)23-19(26)22-14-8-6-13(7-9-14)12-17(25)24-10-1-2-11-24/h3-9H,1-2,10-12H2,(H2,22,23,26). The van der Waals surface area contributed by atoms with Gasteiger partial charge in [0.1, 0.15) is 17.3 Å². The molecule has 0 saturated carbocycles. The van der Waals surface area contributed by atoms with Gasteiger partial charge in [-0.2, -0.15) is 0 Å². The molecule has 2 aromatic rings. The molecule has 0 unspecified atom stereocenters. The Bertz CT molecular complexity index is 783. The highest BCUT2D eigenvalue weighted by Crippen LogP contribution is 2.19. The third kappa shape index (κ3) is 4.36. The summed E-state index contributed by atoms with van der Waals surface area (Å²) in [4.78, 5) is 25.9. The fourth-order valence-electron chi connectivity index (χ4n) is 2.85. The average Bonchev–Trinajstić information content (AvgIpc) is 3.15. The van der Waals surface area contributed by atoms with Crippen LogP contribution in [0.1, 0.15) is 18.4 Å². The number of benzene rings is 2. The molecule has 0 bridgehead atoms. The van der Waals surface area contributed by atoms with E-state index in [4.69, 9.17) is 0 Å². The number of hydrogen-bond donors (Lipinski definition) is 2. The van der Waals surface area contributed by atoms with E-state index in [0.29, 0.717) is 12.1 Å². The molecule has 1 fully saturated rings. The van der Waals surface area contributed by atoms with Crippen LogP contribution in [0.2, 0.25) is 0 Å². The van der Waals surface area contributed by atoms with Crippen molar-refractivity contribution < 1.29 is 18.4 Å². The third-order valence-corrected chi connectivity index (χ3v) is 4.23. The Labute approximate surface area is 150 Å². The SMILES string of the molecule is O=C(Nc1ccc(CC(=O)N2CCCC2)cc1)Nc1c(F)cccc1F. The van der Waals surface area contributed by atoms with E-state index < -0.39 is 23.4 Å². The number of rotatable bonds is 4. The average molecular weight is 359 g/mol. The summed E-state index contributed by atoms with van der Waals surface area (Å²) >= 11 is 0. The van der Waals surface area contributed by atoms with Crippen molar-refractivity contribution in [1.29, 1.82) is 0 Å². The number of amides is 3. The molecule has 7 heteroatoms. The van der Waals surface area contributed by atoms with Crippen LogP contribution < -0.4 is 10.6 Å². The number of carbonyl (C=O) groups excluding carboxylic acids is 2. The predicted molar refractivity (Wildman–Crippen MR) is 95.0 cm³/mol. The zero-order valence-electron chi connectivity index (χ0n) is 14.1. The van der Waals surface area contributed by atoms with Crippen LogP contribution in [0.3, 0.4) is 0 Å². The van der Waals surface area contributed by atoms with Gasteiger partial charge in [0.2, 0.25) is 5.91 Å². The van der Waals surface area contributed by atoms with Crippen molar-refractivity contribution in [1.82, 2.24) is 4.90 Å². The lowest BCUT2D eigenvalue weighted by Crippen LogP contribution is -2.29. The van der Waals surface area contributed by atoms with Crippen molar-refractivity contribution in [2.45, 2.75) is 19.3 Å². The maximum atomic E-state index is 13.5. The molecule has 0 spiro atoms. The number of halogens is 2. The number of hydrogen-bond acceptors (Lipinski definition) is 2. The zero-order chi connectivity index (χ0) is 18.5. The Kier molecular flexibility index (Phi) is 5.46. The number of likely N-dealkylation sites (tertiary alicyclic amines) is 1. The largest absolute Gasteiger partial charge is 0.342 e. The van der Waals surface area contributed by atoms with Crippen LogP contribution in [0.5, 0.6) is 0 Å². The van der Waals surface area contributed by atoms with E-state index in [9.17, 15) is 18.4 Å². The van der Waals surface area contributed by atoms with E-state index in [0.717, 1.165) is 43.6 Å². The van der Waals surface area contributed by atoms with E-state index in [1.54, 1.807) is 24.3 Å². The minimum Gasteiger partial charge on any atom is -0.342 e. The van der Waals surface area contributed by atoms with Gasteiger partial charge in [0.25, 0.3) is 0 Å². The van der Waals surface area contributed by atoms with E-state index >= 15 is 0 Å². The lowest BCUT2D eigenvalue weighted by molar-refractivity contribution is -0.129. The molecule has 5 nitrogen and oxygen atoms in total. The van der Waals surface area contributed by atoms with Crippen LogP contribution in [0.25, 0.3) is 0 Å². The summed E-state index contributed by atoms with van der Waals surface area (Å²) in [5.74, 6) is -1.61. The first kappa shape index (κ1) is 17.8. The minimum absolute atomic E-state index is 0.0935.